The van der Waals surface area contributed by atoms with Crippen molar-refractivity contribution >= 4 is 0 Å². The molecule has 1 aromatic heterocycles. The third-order valence-electron chi connectivity index (χ3n) is 3.42. The SMILES string of the molecule is CCC(CC)Cn1ccn(C2CC2)c1=O. The van der Waals surface area contributed by atoms with Crippen LogP contribution in [0, 0.1) is 5.92 Å². The first kappa shape index (κ1) is 10.5. The molecule has 1 aliphatic rings. The highest BCUT2D eigenvalue weighted by Crippen LogP contribution is 2.33. The quantitative estimate of drug-likeness (QED) is 0.730. The number of rotatable bonds is 5. The maximum Gasteiger partial charge on any atom is 0.328 e. The van der Waals surface area contributed by atoms with E-state index in [2.05, 4.69) is 13.8 Å². The van der Waals surface area contributed by atoms with Crippen LogP contribution in [0.3, 0.4) is 0 Å². The Hall–Kier alpha value is -0.990. The lowest BCUT2D eigenvalue weighted by atomic mass is 10.0. The van der Waals surface area contributed by atoms with Crippen molar-refractivity contribution in [3.63, 3.8) is 0 Å². The maximum absolute atomic E-state index is 11.9. The van der Waals surface area contributed by atoms with Crippen molar-refractivity contribution in [2.24, 2.45) is 5.92 Å². The molecular formula is C12H20N2O. The van der Waals surface area contributed by atoms with Gasteiger partial charge in [-0.15, -0.1) is 0 Å². The Morgan fingerprint density at radius 1 is 1.33 bits per heavy atom. The second kappa shape index (κ2) is 4.25. The fourth-order valence-electron chi connectivity index (χ4n) is 2.02. The van der Waals surface area contributed by atoms with Gasteiger partial charge in [0.25, 0.3) is 0 Å². The van der Waals surface area contributed by atoms with E-state index in [0.29, 0.717) is 12.0 Å². The van der Waals surface area contributed by atoms with Gasteiger partial charge in [0, 0.05) is 25.0 Å². The summed E-state index contributed by atoms with van der Waals surface area (Å²) in [7, 11) is 0. The van der Waals surface area contributed by atoms with E-state index in [9.17, 15) is 4.79 Å². The molecule has 3 nitrogen and oxygen atoms in total. The van der Waals surface area contributed by atoms with E-state index < -0.39 is 0 Å². The third-order valence-corrected chi connectivity index (χ3v) is 3.42. The molecule has 84 valence electrons. The molecule has 0 N–H and O–H groups in total. The molecule has 0 aromatic carbocycles. The van der Waals surface area contributed by atoms with E-state index in [-0.39, 0.29) is 5.69 Å². The van der Waals surface area contributed by atoms with Gasteiger partial charge in [0.2, 0.25) is 0 Å². The van der Waals surface area contributed by atoms with E-state index in [1.807, 2.05) is 21.5 Å². The van der Waals surface area contributed by atoms with Gasteiger partial charge in [-0.1, -0.05) is 26.7 Å². The summed E-state index contributed by atoms with van der Waals surface area (Å²) in [6.07, 6.45) is 8.54. The predicted octanol–water partition coefficient (Wildman–Crippen LogP) is 2.42. The molecule has 15 heavy (non-hydrogen) atoms. The largest absolute Gasteiger partial charge is 0.328 e. The molecule has 1 fully saturated rings. The Balaban J connectivity index is 2.11. The molecular weight excluding hydrogens is 188 g/mol. The van der Waals surface area contributed by atoms with Crippen LogP contribution in [0.1, 0.15) is 45.6 Å². The summed E-state index contributed by atoms with van der Waals surface area (Å²) in [4.78, 5) is 11.9. The number of imidazole rings is 1. The summed E-state index contributed by atoms with van der Waals surface area (Å²) in [5.74, 6) is 0.637. The van der Waals surface area contributed by atoms with Crippen molar-refractivity contribution in [2.45, 2.75) is 52.1 Å². The minimum absolute atomic E-state index is 0.185. The first-order chi connectivity index (χ1) is 7.26. The van der Waals surface area contributed by atoms with Crippen LogP contribution in [0.4, 0.5) is 0 Å². The fraction of sp³-hybridized carbons (Fsp3) is 0.750. The molecule has 1 aromatic rings. The zero-order chi connectivity index (χ0) is 10.8. The van der Waals surface area contributed by atoms with Gasteiger partial charge in [0.15, 0.2) is 0 Å². The van der Waals surface area contributed by atoms with Gasteiger partial charge in [0.1, 0.15) is 0 Å². The smallest absolute Gasteiger partial charge is 0.299 e. The van der Waals surface area contributed by atoms with E-state index >= 15 is 0 Å². The normalized spacial score (nSPS) is 16.2. The fourth-order valence-corrected chi connectivity index (χ4v) is 2.02. The Bertz CT molecular complexity index is 369. The number of nitrogens with zero attached hydrogens (tertiary/aromatic N) is 2. The van der Waals surface area contributed by atoms with Gasteiger partial charge in [-0.25, -0.2) is 4.79 Å². The first-order valence-electron chi connectivity index (χ1n) is 6.03. The average Bonchev–Trinajstić information content (AvgIpc) is 3.02. The predicted molar refractivity (Wildman–Crippen MR) is 61.0 cm³/mol. The van der Waals surface area contributed by atoms with Gasteiger partial charge < -0.3 is 0 Å². The Morgan fingerprint density at radius 3 is 2.53 bits per heavy atom. The molecule has 1 aliphatic carbocycles. The zero-order valence-corrected chi connectivity index (χ0v) is 9.65. The molecule has 0 atom stereocenters. The molecule has 0 spiro atoms. The van der Waals surface area contributed by atoms with Gasteiger partial charge in [-0.05, 0) is 18.8 Å². The number of hydrogen-bond donors (Lipinski definition) is 0. The highest BCUT2D eigenvalue weighted by molar-refractivity contribution is 4.91. The van der Waals surface area contributed by atoms with E-state index in [1.165, 1.54) is 12.8 Å². The molecule has 1 heterocycles. The highest BCUT2D eigenvalue weighted by Gasteiger charge is 2.25. The van der Waals surface area contributed by atoms with Crippen LogP contribution in [0.25, 0.3) is 0 Å². The molecule has 0 saturated heterocycles. The Labute approximate surface area is 90.7 Å². The lowest BCUT2D eigenvalue weighted by Gasteiger charge is -2.11. The highest BCUT2D eigenvalue weighted by atomic mass is 16.1. The molecule has 3 heteroatoms. The molecule has 0 unspecified atom stereocenters. The monoisotopic (exact) mass is 208 g/mol. The summed E-state index contributed by atoms with van der Waals surface area (Å²) < 4.78 is 3.76. The van der Waals surface area contributed by atoms with Crippen LogP contribution in [0.15, 0.2) is 17.2 Å². The second-order valence-electron chi connectivity index (χ2n) is 4.55. The summed E-state index contributed by atoms with van der Waals surface area (Å²) in [5.41, 5.74) is 0.185. The van der Waals surface area contributed by atoms with E-state index in [0.717, 1.165) is 19.4 Å². The van der Waals surface area contributed by atoms with Crippen molar-refractivity contribution in [1.29, 1.82) is 0 Å². The molecule has 0 radical (unpaired) electrons. The summed E-state index contributed by atoms with van der Waals surface area (Å²) in [6, 6.07) is 0.500. The van der Waals surface area contributed by atoms with Gasteiger partial charge in [0.05, 0.1) is 0 Å². The number of aromatic nitrogens is 2. The van der Waals surface area contributed by atoms with Crippen LogP contribution in [0.2, 0.25) is 0 Å². The van der Waals surface area contributed by atoms with Crippen molar-refractivity contribution in [3.8, 4) is 0 Å². The Kier molecular flexibility index (Phi) is 2.98. The van der Waals surface area contributed by atoms with E-state index in [4.69, 9.17) is 0 Å². The minimum Gasteiger partial charge on any atom is -0.299 e. The van der Waals surface area contributed by atoms with Crippen LogP contribution < -0.4 is 5.69 Å². The summed E-state index contributed by atoms with van der Waals surface area (Å²) in [6.45, 7) is 5.26. The average molecular weight is 208 g/mol. The standard InChI is InChI=1S/C12H20N2O/c1-3-10(4-2)9-13-7-8-14(12(13)15)11-5-6-11/h7-8,10-11H,3-6,9H2,1-2H3. The second-order valence-corrected chi connectivity index (χ2v) is 4.55. The summed E-state index contributed by atoms with van der Waals surface area (Å²) >= 11 is 0. The first-order valence-corrected chi connectivity index (χ1v) is 6.03. The van der Waals surface area contributed by atoms with Gasteiger partial charge in [-0.3, -0.25) is 9.13 Å². The van der Waals surface area contributed by atoms with Crippen LogP contribution in [-0.4, -0.2) is 9.13 Å². The van der Waals surface area contributed by atoms with Crippen LogP contribution in [-0.2, 0) is 6.54 Å². The van der Waals surface area contributed by atoms with Crippen molar-refractivity contribution in [1.82, 2.24) is 9.13 Å². The topological polar surface area (TPSA) is 26.9 Å². The van der Waals surface area contributed by atoms with Crippen molar-refractivity contribution in [2.75, 3.05) is 0 Å². The van der Waals surface area contributed by atoms with E-state index in [1.54, 1.807) is 0 Å². The third kappa shape index (κ3) is 2.16. The van der Waals surface area contributed by atoms with Gasteiger partial charge >= 0.3 is 5.69 Å². The van der Waals surface area contributed by atoms with Crippen molar-refractivity contribution < 1.29 is 0 Å². The van der Waals surface area contributed by atoms with Crippen LogP contribution in [0.5, 0.6) is 0 Å². The Morgan fingerprint density at radius 2 is 2.00 bits per heavy atom. The maximum atomic E-state index is 11.9. The molecule has 2 rings (SSSR count). The van der Waals surface area contributed by atoms with Crippen molar-refractivity contribution in [3.05, 3.63) is 22.9 Å². The summed E-state index contributed by atoms with van der Waals surface area (Å²) in [5, 5.41) is 0. The number of hydrogen-bond acceptors (Lipinski definition) is 1. The van der Waals surface area contributed by atoms with Crippen LogP contribution >= 0.6 is 0 Å². The molecule has 0 bridgehead atoms. The lowest BCUT2D eigenvalue weighted by molar-refractivity contribution is 0.408. The molecule has 0 amide bonds. The zero-order valence-electron chi connectivity index (χ0n) is 9.65. The minimum atomic E-state index is 0.185. The van der Waals surface area contributed by atoms with Gasteiger partial charge in [-0.2, -0.15) is 0 Å². The molecule has 1 saturated carbocycles. The molecule has 0 aliphatic heterocycles. The lowest BCUT2D eigenvalue weighted by Crippen LogP contribution is -2.25.